The van der Waals surface area contributed by atoms with E-state index in [-0.39, 0.29) is 5.91 Å². The van der Waals surface area contributed by atoms with Crippen LogP contribution in [0.5, 0.6) is 0 Å². The molecule has 1 aliphatic heterocycles. The van der Waals surface area contributed by atoms with E-state index in [0.717, 1.165) is 16.8 Å². The molecule has 1 aliphatic rings. The molecule has 4 rings (SSSR count). The molecule has 0 spiro atoms. The van der Waals surface area contributed by atoms with Crippen LogP contribution in [0.2, 0.25) is 0 Å². The second-order valence-corrected chi connectivity index (χ2v) is 7.48. The van der Waals surface area contributed by atoms with Gasteiger partial charge in [0.25, 0.3) is 0 Å². The van der Waals surface area contributed by atoms with E-state index in [1.165, 1.54) is 0 Å². The van der Waals surface area contributed by atoms with Gasteiger partial charge in [0.05, 0.1) is 12.2 Å². The predicted octanol–water partition coefficient (Wildman–Crippen LogP) is 3.67. The summed E-state index contributed by atoms with van der Waals surface area (Å²) in [6.07, 6.45) is 2.84. The van der Waals surface area contributed by atoms with Gasteiger partial charge in [-0.25, -0.2) is 0 Å². The minimum absolute atomic E-state index is 0.0448. The molecule has 5 nitrogen and oxygen atoms in total. The number of amides is 1. The van der Waals surface area contributed by atoms with E-state index in [1.807, 2.05) is 72.8 Å². The van der Waals surface area contributed by atoms with Crippen LogP contribution in [0.25, 0.3) is 11.1 Å². The lowest BCUT2D eigenvalue weighted by Crippen LogP contribution is -2.45. The molecule has 1 fully saturated rings. The van der Waals surface area contributed by atoms with Crippen molar-refractivity contribution in [2.45, 2.75) is 18.4 Å². The number of nitrogens with one attached hydrogen (secondary N) is 1. The fraction of sp³-hybridized carbons (Fsp3) is 0.250. The first kappa shape index (κ1) is 19.3. The first-order chi connectivity index (χ1) is 14.1. The third-order valence-corrected chi connectivity index (χ3v) is 5.48. The molecule has 0 radical (unpaired) electrons. The van der Waals surface area contributed by atoms with Crippen molar-refractivity contribution in [1.82, 2.24) is 9.88 Å². The summed E-state index contributed by atoms with van der Waals surface area (Å²) >= 11 is 0. The summed E-state index contributed by atoms with van der Waals surface area (Å²) in [5.74, 6) is -0.0448. The van der Waals surface area contributed by atoms with Gasteiger partial charge < -0.3 is 10.4 Å². The van der Waals surface area contributed by atoms with Crippen LogP contribution >= 0.6 is 0 Å². The zero-order valence-electron chi connectivity index (χ0n) is 16.3. The van der Waals surface area contributed by atoms with Crippen molar-refractivity contribution in [3.8, 4) is 11.1 Å². The monoisotopic (exact) mass is 387 g/mol. The summed E-state index contributed by atoms with van der Waals surface area (Å²) in [5.41, 5.74) is 2.69. The largest absolute Gasteiger partial charge is 0.383 e. The van der Waals surface area contributed by atoms with Gasteiger partial charge in [0.2, 0.25) is 5.91 Å². The van der Waals surface area contributed by atoms with E-state index < -0.39 is 5.60 Å². The molecule has 3 aromatic rings. The van der Waals surface area contributed by atoms with Gasteiger partial charge in [0, 0.05) is 30.5 Å². The lowest BCUT2D eigenvalue weighted by molar-refractivity contribution is -0.118. The Morgan fingerprint density at radius 2 is 1.66 bits per heavy atom. The van der Waals surface area contributed by atoms with Crippen molar-refractivity contribution in [1.29, 1.82) is 0 Å². The first-order valence-corrected chi connectivity index (χ1v) is 9.95. The number of aromatic nitrogens is 1. The topological polar surface area (TPSA) is 65.5 Å². The first-order valence-electron chi connectivity index (χ1n) is 9.95. The van der Waals surface area contributed by atoms with Crippen LogP contribution < -0.4 is 5.32 Å². The van der Waals surface area contributed by atoms with Gasteiger partial charge in [-0.1, -0.05) is 54.6 Å². The molecule has 148 valence electrons. The Morgan fingerprint density at radius 3 is 2.38 bits per heavy atom. The lowest BCUT2D eigenvalue weighted by Gasteiger charge is -2.37. The van der Waals surface area contributed by atoms with Gasteiger partial charge in [-0.15, -0.1) is 0 Å². The van der Waals surface area contributed by atoms with Crippen LogP contribution in [-0.2, 0) is 10.4 Å². The second-order valence-electron chi connectivity index (χ2n) is 7.48. The fourth-order valence-corrected chi connectivity index (χ4v) is 3.83. The summed E-state index contributed by atoms with van der Waals surface area (Å²) in [5, 5.41) is 14.0. The Labute approximate surface area is 171 Å². The van der Waals surface area contributed by atoms with Crippen LogP contribution in [0.1, 0.15) is 18.5 Å². The van der Waals surface area contributed by atoms with Gasteiger partial charge in [-0.05, 0) is 36.6 Å². The molecule has 0 bridgehead atoms. The highest BCUT2D eigenvalue weighted by Crippen LogP contribution is 2.31. The molecule has 1 amide bonds. The Kier molecular flexibility index (Phi) is 5.69. The molecule has 1 aromatic heterocycles. The summed E-state index contributed by atoms with van der Waals surface area (Å²) in [6.45, 7) is 1.61. The van der Waals surface area contributed by atoms with Crippen LogP contribution in [-0.4, -0.2) is 40.5 Å². The average Bonchev–Trinajstić information content (AvgIpc) is 2.77. The number of hydrogen-bond donors (Lipinski definition) is 2. The maximum absolute atomic E-state index is 12.7. The van der Waals surface area contributed by atoms with E-state index in [0.29, 0.717) is 38.2 Å². The second kappa shape index (κ2) is 8.55. The van der Waals surface area contributed by atoms with Crippen molar-refractivity contribution in [2.24, 2.45) is 0 Å². The molecule has 0 unspecified atom stereocenters. The molecular weight excluding hydrogens is 362 g/mol. The minimum Gasteiger partial charge on any atom is -0.383 e. The SMILES string of the molecule is O=C(CN1CCC(O)(c2ccccn2)CC1)Nc1ccccc1-c1ccccc1. The predicted molar refractivity (Wildman–Crippen MR) is 114 cm³/mol. The van der Waals surface area contributed by atoms with Crippen LogP contribution in [0.3, 0.4) is 0 Å². The highest BCUT2D eigenvalue weighted by molar-refractivity contribution is 5.96. The number of anilines is 1. The van der Waals surface area contributed by atoms with Crippen molar-refractivity contribution in [2.75, 3.05) is 25.0 Å². The zero-order chi connectivity index (χ0) is 20.1. The van der Waals surface area contributed by atoms with Gasteiger partial charge in [0.15, 0.2) is 0 Å². The van der Waals surface area contributed by atoms with E-state index in [4.69, 9.17) is 0 Å². The van der Waals surface area contributed by atoms with E-state index in [2.05, 4.69) is 15.2 Å². The van der Waals surface area contributed by atoms with Crippen molar-refractivity contribution < 1.29 is 9.90 Å². The molecular formula is C24H25N3O2. The lowest BCUT2D eigenvalue weighted by atomic mass is 9.88. The maximum Gasteiger partial charge on any atom is 0.238 e. The number of benzene rings is 2. The summed E-state index contributed by atoms with van der Waals surface area (Å²) < 4.78 is 0. The minimum atomic E-state index is -0.909. The summed E-state index contributed by atoms with van der Waals surface area (Å²) in [6, 6.07) is 23.5. The molecule has 0 aliphatic carbocycles. The van der Waals surface area contributed by atoms with Gasteiger partial charge in [-0.3, -0.25) is 14.7 Å². The Bertz CT molecular complexity index is 952. The molecule has 0 atom stereocenters. The van der Waals surface area contributed by atoms with Gasteiger partial charge in [0.1, 0.15) is 5.60 Å². The number of pyridine rings is 1. The van der Waals surface area contributed by atoms with Crippen LogP contribution in [0.4, 0.5) is 5.69 Å². The molecule has 2 aromatic carbocycles. The fourth-order valence-electron chi connectivity index (χ4n) is 3.83. The highest BCUT2D eigenvalue weighted by atomic mass is 16.3. The number of carbonyl (C=O) groups excluding carboxylic acids is 1. The number of nitrogens with zero attached hydrogens (tertiary/aromatic N) is 2. The smallest absolute Gasteiger partial charge is 0.238 e. The number of likely N-dealkylation sites (tertiary alicyclic amines) is 1. The Hall–Kier alpha value is -3.02. The van der Waals surface area contributed by atoms with E-state index >= 15 is 0 Å². The van der Waals surface area contributed by atoms with Crippen molar-refractivity contribution in [3.63, 3.8) is 0 Å². The molecule has 2 N–H and O–H groups in total. The number of hydrogen-bond acceptors (Lipinski definition) is 4. The number of aliphatic hydroxyl groups is 1. The number of piperidine rings is 1. The molecule has 29 heavy (non-hydrogen) atoms. The van der Waals surface area contributed by atoms with Gasteiger partial charge >= 0.3 is 0 Å². The summed E-state index contributed by atoms with van der Waals surface area (Å²) in [7, 11) is 0. The van der Waals surface area contributed by atoms with E-state index in [1.54, 1.807) is 6.20 Å². The van der Waals surface area contributed by atoms with Crippen molar-refractivity contribution >= 4 is 11.6 Å². The average molecular weight is 387 g/mol. The number of carbonyl (C=O) groups is 1. The van der Waals surface area contributed by atoms with E-state index in [9.17, 15) is 9.90 Å². The zero-order valence-corrected chi connectivity index (χ0v) is 16.3. The Morgan fingerprint density at radius 1 is 0.966 bits per heavy atom. The standard InChI is InChI=1S/C24H25N3O2/c28-23(26-21-11-5-4-10-20(21)19-8-2-1-3-9-19)18-27-16-13-24(29,14-17-27)22-12-6-7-15-25-22/h1-12,15,29H,13-14,16-18H2,(H,26,28). The van der Waals surface area contributed by atoms with Crippen LogP contribution in [0, 0.1) is 0 Å². The number of para-hydroxylation sites is 1. The quantitative estimate of drug-likeness (QED) is 0.701. The maximum atomic E-state index is 12.7. The molecule has 0 saturated carbocycles. The molecule has 2 heterocycles. The summed E-state index contributed by atoms with van der Waals surface area (Å²) in [4.78, 5) is 19.1. The Balaban J connectivity index is 1.37. The normalized spacial score (nSPS) is 16.3. The van der Waals surface area contributed by atoms with Crippen LogP contribution in [0.15, 0.2) is 79.0 Å². The third-order valence-electron chi connectivity index (χ3n) is 5.48. The van der Waals surface area contributed by atoms with Gasteiger partial charge in [-0.2, -0.15) is 0 Å². The molecule has 5 heteroatoms. The number of rotatable bonds is 5. The highest BCUT2D eigenvalue weighted by Gasteiger charge is 2.35. The van der Waals surface area contributed by atoms with Crippen molar-refractivity contribution in [3.05, 3.63) is 84.7 Å². The third kappa shape index (κ3) is 4.53. The molecule has 1 saturated heterocycles.